The third-order valence-corrected chi connectivity index (χ3v) is 5.91. The summed E-state index contributed by atoms with van der Waals surface area (Å²) in [5, 5.41) is 0.751. The maximum absolute atomic E-state index is 13.0. The van der Waals surface area contributed by atoms with Crippen LogP contribution in [-0.4, -0.2) is 34.2 Å². The predicted octanol–water partition coefficient (Wildman–Crippen LogP) is 3.15. The molecule has 0 N–H and O–H groups in total. The van der Waals surface area contributed by atoms with Crippen molar-refractivity contribution in [1.29, 1.82) is 0 Å². The van der Waals surface area contributed by atoms with Gasteiger partial charge in [0, 0.05) is 4.88 Å². The molecule has 0 radical (unpaired) electrons. The van der Waals surface area contributed by atoms with E-state index in [0.29, 0.717) is 12.4 Å². The van der Waals surface area contributed by atoms with Gasteiger partial charge >= 0.3 is 0 Å². The van der Waals surface area contributed by atoms with E-state index in [1.807, 2.05) is 0 Å². The van der Waals surface area contributed by atoms with E-state index in [4.69, 9.17) is 4.98 Å². The van der Waals surface area contributed by atoms with Crippen molar-refractivity contribution < 1.29 is 4.39 Å². The molecule has 1 aliphatic rings. The molecule has 0 aliphatic heterocycles. The molecule has 1 aliphatic carbocycles. The van der Waals surface area contributed by atoms with Gasteiger partial charge in [-0.25, -0.2) is 9.37 Å². The normalized spacial score (nSPS) is 14.6. The Morgan fingerprint density at radius 3 is 2.70 bits per heavy atom. The van der Waals surface area contributed by atoms with E-state index in [9.17, 15) is 9.18 Å². The minimum atomic E-state index is -0.537. The molecule has 0 amide bonds. The van der Waals surface area contributed by atoms with E-state index in [1.165, 1.54) is 16.9 Å². The number of thiophene rings is 1. The van der Waals surface area contributed by atoms with Crippen LogP contribution in [0.3, 0.4) is 0 Å². The summed E-state index contributed by atoms with van der Waals surface area (Å²) in [5.41, 5.74) is 1.13. The zero-order valence-corrected chi connectivity index (χ0v) is 14.7. The van der Waals surface area contributed by atoms with Gasteiger partial charge in [0.05, 0.1) is 18.5 Å². The SMILES string of the molecule is CCN(CC)Cc1nc2sc3c(c2c(=O)n1CCF)CCCC3. The lowest BCUT2D eigenvalue weighted by atomic mass is 9.97. The maximum atomic E-state index is 13.0. The second-order valence-corrected chi connectivity index (χ2v) is 7.11. The summed E-state index contributed by atoms with van der Waals surface area (Å²) in [4.78, 5) is 22.1. The first-order valence-corrected chi connectivity index (χ1v) is 9.33. The van der Waals surface area contributed by atoms with Crippen molar-refractivity contribution in [2.45, 2.75) is 52.6 Å². The molecule has 0 unspecified atom stereocenters. The maximum Gasteiger partial charge on any atom is 0.262 e. The molecule has 0 saturated carbocycles. The Kier molecular flexibility index (Phi) is 5.11. The number of halogens is 1. The van der Waals surface area contributed by atoms with Gasteiger partial charge in [-0.05, 0) is 44.3 Å². The highest BCUT2D eigenvalue weighted by Gasteiger charge is 2.22. The summed E-state index contributed by atoms with van der Waals surface area (Å²) in [7, 11) is 0. The van der Waals surface area contributed by atoms with Gasteiger partial charge in [0.15, 0.2) is 0 Å². The molecule has 6 heteroatoms. The molecule has 0 atom stereocenters. The van der Waals surface area contributed by atoms with Crippen LogP contribution in [0.1, 0.15) is 43.0 Å². The van der Waals surface area contributed by atoms with Gasteiger partial charge in [-0.15, -0.1) is 11.3 Å². The molecule has 23 heavy (non-hydrogen) atoms. The van der Waals surface area contributed by atoms with Gasteiger partial charge in [0.1, 0.15) is 17.3 Å². The van der Waals surface area contributed by atoms with E-state index in [-0.39, 0.29) is 12.1 Å². The Morgan fingerprint density at radius 2 is 2.00 bits per heavy atom. The number of rotatable bonds is 6. The van der Waals surface area contributed by atoms with Crippen LogP contribution in [0.4, 0.5) is 4.39 Å². The number of alkyl halides is 1. The fourth-order valence-electron chi connectivity index (χ4n) is 3.36. The van der Waals surface area contributed by atoms with Crippen molar-refractivity contribution in [3.05, 3.63) is 26.6 Å². The van der Waals surface area contributed by atoms with Crippen molar-refractivity contribution in [3.8, 4) is 0 Å². The van der Waals surface area contributed by atoms with Gasteiger partial charge in [0.25, 0.3) is 5.56 Å². The van der Waals surface area contributed by atoms with Crippen LogP contribution in [0.15, 0.2) is 4.79 Å². The van der Waals surface area contributed by atoms with E-state index >= 15 is 0 Å². The molecule has 0 aromatic carbocycles. The van der Waals surface area contributed by atoms with Gasteiger partial charge in [-0.2, -0.15) is 0 Å². The molecule has 0 spiro atoms. The average Bonchev–Trinajstić information content (AvgIpc) is 2.94. The highest BCUT2D eigenvalue weighted by molar-refractivity contribution is 7.18. The molecular weight excluding hydrogens is 313 g/mol. The number of aromatic nitrogens is 2. The molecule has 3 rings (SSSR count). The monoisotopic (exact) mass is 337 g/mol. The molecule has 2 aromatic rings. The van der Waals surface area contributed by atoms with Gasteiger partial charge in [0.2, 0.25) is 0 Å². The van der Waals surface area contributed by atoms with E-state index in [2.05, 4.69) is 18.7 Å². The van der Waals surface area contributed by atoms with E-state index in [0.717, 1.165) is 42.6 Å². The summed E-state index contributed by atoms with van der Waals surface area (Å²) in [5.74, 6) is 0.697. The molecule has 0 fully saturated rings. The minimum absolute atomic E-state index is 0.0470. The smallest absolute Gasteiger partial charge is 0.262 e. The second-order valence-electron chi connectivity index (χ2n) is 6.03. The number of hydrogen-bond acceptors (Lipinski definition) is 4. The van der Waals surface area contributed by atoms with Gasteiger partial charge in [-0.1, -0.05) is 13.8 Å². The summed E-state index contributed by atoms with van der Waals surface area (Å²) < 4.78 is 14.6. The van der Waals surface area contributed by atoms with Crippen molar-refractivity contribution in [1.82, 2.24) is 14.5 Å². The Hall–Kier alpha value is -1.27. The van der Waals surface area contributed by atoms with Crippen LogP contribution in [0.25, 0.3) is 10.2 Å². The topological polar surface area (TPSA) is 38.1 Å². The van der Waals surface area contributed by atoms with E-state index in [1.54, 1.807) is 15.9 Å². The third-order valence-electron chi connectivity index (χ3n) is 4.72. The fourth-order valence-corrected chi connectivity index (χ4v) is 4.63. The lowest BCUT2D eigenvalue weighted by molar-refractivity contribution is 0.279. The molecule has 2 aromatic heterocycles. The highest BCUT2D eigenvalue weighted by Crippen LogP contribution is 2.33. The summed E-state index contributed by atoms with van der Waals surface area (Å²) in [6.45, 7) is 6.11. The highest BCUT2D eigenvalue weighted by atomic mass is 32.1. The minimum Gasteiger partial charge on any atom is -0.297 e. The number of aryl methyl sites for hydroxylation is 2. The fraction of sp³-hybridized carbons (Fsp3) is 0.647. The van der Waals surface area contributed by atoms with E-state index < -0.39 is 6.67 Å². The molecule has 2 heterocycles. The zero-order chi connectivity index (χ0) is 16.4. The lowest BCUT2D eigenvalue weighted by Crippen LogP contribution is -2.31. The van der Waals surface area contributed by atoms with Crippen LogP contribution in [0.2, 0.25) is 0 Å². The van der Waals surface area contributed by atoms with Crippen molar-refractivity contribution in [2.24, 2.45) is 0 Å². The van der Waals surface area contributed by atoms with Crippen LogP contribution in [-0.2, 0) is 25.9 Å². The number of fused-ring (bicyclic) bond motifs is 3. The second kappa shape index (κ2) is 7.09. The molecule has 0 saturated heterocycles. The largest absolute Gasteiger partial charge is 0.297 e. The average molecular weight is 337 g/mol. The zero-order valence-electron chi connectivity index (χ0n) is 13.9. The van der Waals surface area contributed by atoms with Crippen LogP contribution < -0.4 is 5.56 Å². The van der Waals surface area contributed by atoms with Crippen molar-refractivity contribution in [2.75, 3.05) is 19.8 Å². The predicted molar refractivity (Wildman–Crippen MR) is 93.1 cm³/mol. The third kappa shape index (κ3) is 3.06. The summed E-state index contributed by atoms with van der Waals surface area (Å²) in [6, 6.07) is 0. The Balaban J connectivity index is 2.15. The molecule has 4 nitrogen and oxygen atoms in total. The molecule has 126 valence electrons. The first-order valence-electron chi connectivity index (χ1n) is 8.51. The standard InChI is InChI=1S/C17H24FN3OS/c1-3-20(4-2)11-14-19-16-15(17(22)21(14)10-9-18)12-7-5-6-8-13(12)23-16/h3-11H2,1-2H3. The van der Waals surface area contributed by atoms with Crippen LogP contribution in [0.5, 0.6) is 0 Å². The first kappa shape index (κ1) is 16.6. The summed E-state index contributed by atoms with van der Waals surface area (Å²) in [6.07, 6.45) is 4.31. The van der Waals surface area contributed by atoms with Crippen LogP contribution in [0, 0.1) is 0 Å². The Morgan fingerprint density at radius 1 is 1.26 bits per heavy atom. The first-order chi connectivity index (χ1) is 11.2. The van der Waals surface area contributed by atoms with Crippen molar-refractivity contribution >= 4 is 21.6 Å². The molecule has 0 bridgehead atoms. The summed E-state index contributed by atoms with van der Waals surface area (Å²) >= 11 is 1.66. The van der Waals surface area contributed by atoms with Crippen molar-refractivity contribution in [3.63, 3.8) is 0 Å². The van der Waals surface area contributed by atoms with Gasteiger partial charge in [-0.3, -0.25) is 14.3 Å². The Bertz CT molecular complexity index is 748. The quantitative estimate of drug-likeness (QED) is 0.813. The Labute approximate surface area is 139 Å². The lowest BCUT2D eigenvalue weighted by Gasteiger charge is -2.20. The molecular formula is C17H24FN3OS. The number of nitrogens with zero attached hydrogens (tertiary/aromatic N) is 3. The van der Waals surface area contributed by atoms with Gasteiger partial charge < -0.3 is 0 Å². The van der Waals surface area contributed by atoms with Crippen LogP contribution >= 0.6 is 11.3 Å². The number of hydrogen-bond donors (Lipinski definition) is 0.